The lowest BCUT2D eigenvalue weighted by Crippen LogP contribution is -2.39. The average Bonchev–Trinajstić information content (AvgIpc) is 2.37. The highest BCUT2D eigenvalue weighted by atomic mass is 35.5. The monoisotopic (exact) mass is 285 g/mol. The van der Waals surface area contributed by atoms with Crippen LogP contribution in [0.25, 0.3) is 0 Å². The van der Waals surface area contributed by atoms with Crippen molar-refractivity contribution < 1.29 is 19.4 Å². The fourth-order valence-corrected chi connectivity index (χ4v) is 1.65. The van der Waals surface area contributed by atoms with Gasteiger partial charge in [0.2, 0.25) is 0 Å². The average molecular weight is 286 g/mol. The third kappa shape index (κ3) is 4.79. The van der Waals surface area contributed by atoms with E-state index >= 15 is 0 Å². The SMILES string of the molecule is CC(Oc1ccccc1Cl)C(=O)N(C)CCC(=O)O. The zero-order chi connectivity index (χ0) is 14.4. The summed E-state index contributed by atoms with van der Waals surface area (Å²) in [4.78, 5) is 23.7. The topological polar surface area (TPSA) is 66.8 Å². The molecule has 0 bridgehead atoms. The zero-order valence-corrected chi connectivity index (χ0v) is 11.6. The molecule has 0 aliphatic carbocycles. The fraction of sp³-hybridized carbons (Fsp3) is 0.385. The molecule has 1 N–H and O–H groups in total. The molecular formula is C13H16ClNO4. The number of carbonyl (C=O) groups is 2. The first kappa shape index (κ1) is 15.3. The Morgan fingerprint density at radius 2 is 2.05 bits per heavy atom. The maximum Gasteiger partial charge on any atom is 0.305 e. The van der Waals surface area contributed by atoms with E-state index in [1.807, 2.05) is 0 Å². The minimum Gasteiger partial charge on any atom is -0.481 e. The van der Waals surface area contributed by atoms with Crippen molar-refractivity contribution in [3.8, 4) is 5.75 Å². The Balaban J connectivity index is 2.57. The van der Waals surface area contributed by atoms with Crippen LogP contribution in [0.5, 0.6) is 5.75 Å². The van der Waals surface area contributed by atoms with E-state index in [0.29, 0.717) is 10.8 Å². The summed E-state index contributed by atoms with van der Waals surface area (Å²) < 4.78 is 5.46. The van der Waals surface area contributed by atoms with E-state index in [-0.39, 0.29) is 18.9 Å². The van der Waals surface area contributed by atoms with Crippen LogP contribution in [-0.2, 0) is 9.59 Å². The predicted octanol–water partition coefficient (Wildman–Crippen LogP) is 2.04. The summed E-state index contributed by atoms with van der Waals surface area (Å²) in [5.41, 5.74) is 0. The number of rotatable bonds is 6. The minimum atomic E-state index is -0.945. The second-order valence-electron chi connectivity index (χ2n) is 4.09. The van der Waals surface area contributed by atoms with Crippen molar-refractivity contribution in [2.24, 2.45) is 0 Å². The number of carboxylic acid groups (broad SMARTS) is 1. The van der Waals surface area contributed by atoms with Crippen molar-refractivity contribution in [3.05, 3.63) is 29.3 Å². The van der Waals surface area contributed by atoms with Gasteiger partial charge in [-0.25, -0.2) is 0 Å². The molecular weight excluding hydrogens is 270 g/mol. The summed E-state index contributed by atoms with van der Waals surface area (Å²) in [5, 5.41) is 8.99. The van der Waals surface area contributed by atoms with Crippen molar-refractivity contribution in [1.82, 2.24) is 4.90 Å². The molecule has 0 aromatic heterocycles. The zero-order valence-electron chi connectivity index (χ0n) is 10.8. The van der Waals surface area contributed by atoms with E-state index in [1.54, 1.807) is 31.2 Å². The summed E-state index contributed by atoms with van der Waals surface area (Å²) in [7, 11) is 1.54. The van der Waals surface area contributed by atoms with Gasteiger partial charge in [0.1, 0.15) is 5.75 Å². The predicted molar refractivity (Wildman–Crippen MR) is 71.4 cm³/mol. The number of nitrogens with zero attached hydrogens (tertiary/aromatic N) is 1. The molecule has 0 heterocycles. The van der Waals surface area contributed by atoms with Crippen LogP contribution in [0.15, 0.2) is 24.3 Å². The molecule has 1 atom stereocenters. The van der Waals surface area contributed by atoms with Crippen LogP contribution >= 0.6 is 11.6 Å². The minimum absolute atomic E-state index is 0.0962. The maximum absolute atomic E-state index is 11.9. The Morgan fingerprint density at radius 3 is 2.63 bits per heavy atom. The molecule has 0 aliphatic heterocycles. The number of hydrogen-bond acceptors (Lipinski definition) is 3. The van der Waals surface area contributed by atoms with Crippen molar-refractivity contribution >= 4 is 23.5 Å². The summed E-state index contributed by atoms with van der Waals surface area (Å²) in [5.74, 6) is -0.808. The lowest BCUT2D eigenvalue weighted by atomic mass is 10.3. The van der Waals surface area contributed by atoms with E-state index in [9.17, 15) is 9.59 Å². The largest absolute Gasteiger partial charge is 0.481 e. The van der Waals surface area contributed by atoms with Crippen LogP contribution in [0.2, 0.25) is 5.02 Å². The number of carbonyl (C=O) groups excluding carboxylic acids is 1. The summed E-state index contributed by atoms with van der Waals surface area (Å²) >= 11 is 5.93. The van der Waals surface area contributed by atoms with Gasteiger partial charge in [0.15, 0.2) is 6.10 Å². The number of para-hydroxylation sites is 1. The van der Waals surface area contributed by atoms with Crippen LogP contribution < -0.4 is 4.74 Å². The van der Waals surface area contributed by atoms with Gasteiger partial charge in [-0.2, -0.15) is 0 Å². The highest BCUT2D eigenvalue weighted by Crippen LogP contribution is 2.24. The van der Waals surface area contributed by atoms with E-state index < -0.39 is 12.1 Å². The fourth-order valence-electron chi connectivity index (χ4n) is 1.47. The summed E-state index contributed by atoms with van der Waals surface area (Å²) in [6, 6.07) is 6.86. The number of hydrogen-bond donors (Lipinski definition) is 1. The first-order valence-corrected chi connectivity index (χ1v) is 6.17. The highest BCUT2D eigenvalue weighted by molar-refractivity contribution is 6.32. The molecule has 0 saturated heterocycles. The number of likely N-dealkylation sites (N-methyl/N-ethyl adjacent to an activating group) is 1. The lowest BCUT2D eigenvalue weighted by Gasteiger charge is -2.21. The Hall–Kier alpha value is -1.75. The number of aliphatic carboxylic acids is 1. The van der Waals surface area contributed by atoms with Gasteiger partial charge in [0.05, 0.1) is 11.4 Å². The number of ether oxygens (including phenoxy) is 1. The molecule has 0 saturated carbocycles. The quantitative estimate of drug-likeness (QED) is 0.868. The summed E-state index contributed by atoms with van der Waals surface area (Å²) in [6.45, 7) is 1.74. The summed E-state index contributed by atoms with van der Waals surface area (Å²) in [6.07, 6.45) is -0.820. The molecule has 5 nitrogen and oxygen atoms in total. The Bertz CT molecular complexity index is 464. The van der Waals surface area contributed by atoms with Gasteiger partial charge in [0.25, 0.3) is 5.91 Å². The van der Waals surface area contributed by atoms with Gasteiger partial charge in [-0.1, -0.05) is 23.7 Å². The van der Waals surface area contributed by atoms with Gasteiger partial charge >= 0.3 is 5.97 Å². The molecule has 19 heavy (non-hydrogen) atoms. The molecule has 1 amide bonds. The molecule has 0 aliphatic rings. The molecule has 1 unspecified atom stereocenters. The number of amides is 1. The number of carboxylic acids is 1. The van der Waals surface area contributed by atoms with Crippen LogP contribution in [0.3, 0.4) is 0 Å². The van der Waals surface area contributed by atoms with Crippen LogP contribution in [-0.4, -0.2) is 41.6 Å². The molecule has 104 valence electrons. The molecule has 1 aromatic carbocycles. The first-order chi connectivity index (χ1) is 8.91. The van der Waals surface area contributed by atoms with Gasteiger partial charge in [-0.05, 0) is 19.1 Å². The second-order valence-corrected chi connectivity index (χ2v) is 4.50. The molecule has 0 fully saturated rings. The third-order valence-corrected chi connectivity index (χ3v) is 2.84. The lowest BCUT2D eigenvalue weighted by molar-refractivity contribution is -0.140. The number of benzene rings is 1. The maximum atomic E-state index is 11.9. The van der Waals surface area contributed by atoms with Crippen molar-refractivity contribution in [2.45, 2.75) is 19.4 Å². The van der Waals surface area contributed by atoms with Crippen LogP contribution in [0, 0.1) is 0 Å². The standard InChI is InChI=1S/C13H16ClNO4/c1-9(13(18)15(2)8-7-12(16)17)19-11-6-4-3-5-10(11)14/h3-6,9H,7-8H2,1-2H3,(H,16,17). The third-order valence-electron chi connectivity index (χ3n) is 2.53. The van der Waals surface area contributed by atoms with Crippen molar-refractivity contribution in [2.75, 3.05) is 13.6 Å². The molecule has 6 heteroatoms. The van der Waals surface area contributed by atoms with Gasteiger partial charge in [-0.15, -0.1) is 0 Å². The van der Waals surface area contributed by atoms with Gasteiger partial charge in [-0.3, -0.25) is 9.59 Å². The molecule has 0 spiro atoms. The van der Waals surface area contributed by atoms with E-state index in [1.165, 1.54) is 11.9 Å². The molecule has 1 aromatic rings. The number of halogens is 1. The van der Waals surface area contributed by atoms with Crippen molar-refractivity contribution in [3.63, 3.8) is 0 Å². The highest BCUT2D eigenvalue weighted by Gasteiger charge is 2.20. The van der Waals surface area contributed by atoms with Gasteiger partial charge in [0, 0.05) is 13.6 Å². The van der Waals surface area contributed by atoms with E-state index in [2.05, 4.69) is 0 Å². The van der Waals surface area contributed by atoms with Crippen LogP contribution in [0.1, 0.15) is 13.3 Å². The second kappa shape index (κ2) is 6.99. The normalized spacial score (nSPS) is 11.7. The molecule has 0 radical (unpaired) electrons. The van der Waals surface area contributed by atoms with Crippen LogP contribution in [0.4, 0.5) is 0 Å². The molecule has 1 rings (SSSR count). The van der Waals surface area contributed by atoms with Crippen molar-refractivity contribution in [1.29, 1.82) is 0 Å². The van der Waals surface area contributed by atoms with E-state index in [4.69, 9.17) is 21.4 Å². The Morgan fingerprint density at radius 1 is 1.42 bits per heavy atom. The van der Waals surface area contributed by atoms with E-state index in [0.717, 1.165) is 0 Å². The Labute approximate surface area is 116 Å². The Kier molecular flexibility index (Phi) is 5.63. The smallest absolute Gasteiger partial charge is 0.305 e. The van der Waals surface area contributed by atoms with Gasteiger partial charge < -0.3 is 14.7 Å². The first-order valence-electron chi connectivity index (χ1n) is 5.79.